The zero-order chi connectivity index (χ0) is 23.7. The quantitative estimate of drug-likeness (QED) is 0.248. The standard InChI is InChI=1S/C29H29NO3/c1-29(2,3)33-28(32)26(21-23-13-7-4-8-14-23)19-20-30(22-24-15-9-5-10-16-24)27(31)25-17-11-6-12-18-25/h4-21H,22H2,1-3H3/b20-19+,26-21-. The van der Waals surface area contributed by atoms with Gasteiger partial charge in [0.25, 0.3) is 5.91 Å². The largest absolute Gasteiger partial charge is 0.456 e. The van der Waals surface area contributed by atoms with Crippen LogP contribution in [0.15, 0.2) is 109 Å². The minimum absolute atomic E-state index is 0.154. The highest BCUT2D eigenvalue weighted by Gasteiger charge is 2.20. The average molecular weight is 440 g/mol. The van der Waals surface area contributed by atoms with Gasteiger partial charge in [-0.05, 0) is 56.2 Å². The molecule has 3 rings (SSSR count). The Hall–Kier alpha value is -3.92. The van der Waals surface area contributed by atoms with Gasteiger partial charge in [0.2, 0.25) is 0 Å². The number of carbonyl (C=O) groups is 2. The molecule has 4 nitrogen and oxygen atoms in total. The molecule has 0 aliphatic heterocycles. The molecule has 0 N–H and O–H groups in total. The maximum absolute atomic E-state index is 13.3. The maximum Gasteiger partial charge on any atom is 0.338 e. The van der Waals surface area contributed by atoms with Crippen LogP contribution in [0, 0.1) is 0 Å². The Bertz CT molecular complexity index is 1110. The van der Waals surface area contributed by atoms with Crippen LogP contribution in [-0.2, 0) is 16.1 Å². The van der Waals surface area contributed by atoms with Gasteiger partial charge in [0.15, 0.2) is 0 Å². The lowest BCUT2D eigenvalue weighted by atomic mass is 10.1. The van der Waals surface area contributed by atoms with E-state index < -0.39 is 11.6 Å². The second kappa shape index (κ2) is 11.1. The van der Waals surface area contributed by atoms with Gasteiger partial charge in [-0.15, -0.1) is 0 Å². The molecule has 3 aromatic rings. The van der Waals surface area contributed by atoms with Gasteiger partial charge in [-0.3, -0.25) is 4.79 Å². The van der Waals surface area contributed by atoms with Crippen molar-refractivity contribution >= 4 is 18.0 Å². The maximum atomic E-state index is 13.3. The van der Waals surface area contributed by atoms with Crippen LogP contribution in [0.1, 0.15) is 42.3 Å². The first-order valence-corrected chi connectivity index (χ1v) is 10.9. The van der Waals surface area contributed by atoms with Crippen molar-refractivity contribution in [2.45, 2.75) is 32.9 Å². The summed E-state index contributed by atoms with van der Waals surface area (Å²) in [6.07, 6.45) is 5.06. The second-order valence-corrected chi connectivity index (χ2v) is 8.61. The molecule has 0 saturated carbocycles. The first kappa shape index (κ1) is 23.7. The van der Waals surface area contributed by atoms with Crippen LogP contribution in [0.4, 0.5) is 0 Å². The van der Waals surface area contributed by atoms with E-state index in [1.165, 1.54) is 0 Å². The minimum atomic E-state index is -0.635. The summed E-state index contributed by atoms with van der Waals surface area (Å²) in [4.78, 5) is 27.8. The Morgan fingerprint density at radius 1 is 0.818 bits per heavy atom. The summed E-state index contributed by atoms with van der Waals surface area (Å²) in [5, 5.41) is 0. The van der Waals surface area contributed by atoms with Crippen LogP contribution >= 0.6 is 0 Å². The topological polar surface area (TPSA) is 46.6 Å². The zero-order valence-corrected chi connectivity index (χ0v) is 19.3. The molecule has 0 heterocycles. The Labute approximate surface area is 195 Å². The minimum Gasteiger partial charge on any atom is -0.456 e. The van der Waals surface area contributed by atoms with Crippen LogP contribution in [0.2, 0.25) is 0 Å². The van der Waals surface area contributed by atoms with Crippen molar-refractivity contribution < 1.29 is 14.3 Å². The Balaban J connectivity index is 1.96. The Morgan fingerprint density at radius 3 is 1.94 bits per heavy atom. The number of carbonyl (C=O) groups excluding carboxylic acids is 2. The molecule has 0 aliphatic rings. The van der Waals surface area contributed by atoms with Gasteiger partial charge in [-0.25, -0.2) is 4.79 Å². The van der Waals surface area contributed by atoms with Gasteiger partial charge in [0.1, 0.15) is 5.60 Å². The zero-order valence-electron chi connectivity index (χ0n) is 19.3. The Kier molecular flexibility index (Phi) is 7.98. The van der Waals surface area contributed by atoms with E-state index in [0.29, 0.717) is 17.7 Å². The lowest BCUT2D eigenvalue weighted by molar-refractivity contribution is -0.149. The predicted octanol–water partition coefficient (Wildman–Crippen LogP) is 6.27. The van der Waals surface area contributed by atoms with Crippen molar-refractivity contribution in [2.75, 3.05) is 0 Å². The highest BCUT2D eigenvalue weighted by molar-refractivity contribution is 5.98. The van der Waals surface area contributed by atoms with Crippen molar-refractivity contribution in [3.63, 3.8) is 0 Å². The SMILES string of the molecule is CC(C)(C)OC(=O)C(=C\c1ccccc1)/C=C/N(Cc1ccccc1)C(=O)c1ccccc1. The van der Waals surface area contributed by atoms with Crippen molar-refractivity contribution in [2.24, 2.45) is 0 Å². The number of hydrogen-bond donors (Lipinski definition) is 0. The molecule has 0 fully saturated rings. The van der Waals surface area contributed by atoms with Gasteiger partial charge in [0.05, 0.1) is 12.1 Å². The van der Waals surface area contributed by atoms with Crippen molar-refractivity contribution in [1.82, 2.24) is 4.90 Å². The van der Waals surface area contributed by atoms with Gasteiger partial charge < -0.3 is 9.64 Å². The summed E-state index contributed by atoms with van der Waals surface area (Å²) >= 11 is 0. The summed E-state index contributed by atoms with van der Waals surface area (Å²) in [6, 6.07) is 28.4. The molecule has 33 heavy (non-hydrogen) atoms. The summed E-state index contributed by atoms with van der Waals surface area (Å²) in [5.74, 6) is -0.603. The van der Waals surface area contributed by atoms with E-state index in [1.807, 2.05) is 99.6 Å². The first-order chi connectivity index (χ1) is 15.8. The molecule has 0 spiro atoms. The molecule has 4 heteroatoms. The highest BCUT2D eigenvalue weighted by Crippen LogP contribution is 2.17. The molecular weight excluding hydrogens is 410 g/mol. The van der Waals surface area contributed by atoms with Crippen LogP contribution < -0.4 is 0 Å². The normalized spacial score (nSPS) is 11.9. The number of esters is 1. The number of rotatable bonds is 7. The van der Waals surface area contributed by atoms with Crippen LogP contribution in [0.3, 0.4) is 0 Å². The summed E-state index contributed by atoms with van der Waals surface area (Å²) in [7, 11) is 0. The van der Waals surface area contributed by atoms with Crippen LogP contribution in [-0.4, -0.2) is 22.4 Å². The molecule has 0 aliphatic carbocycles. The van der Waals surface area contributed by atoms with E-state index in [0.717, 1.165) is 11.1 Å². The summed E-state index contributed by atoms with van der Waals surface area (Å²) in [5.41, 5.74) is 2.15. The lowest BCUT2D eigenvalue weighted by Crippen LogP contribution is -2.26. The number of benzene rings is 3. The van der Waals surface area contributed by atoms with Crippen molar-refractivity contribution in [1.29, 1.82) is 0 Å². The van der Waals surface area contributed by atoms with Crippen LogP contribution in [0.5, 0.6) is 0 Å². The van der Waals surface area contributed by atoms with Crippen molar-refractivity contribution in [3.8, 4) is 0 Å². The highest BCUT2D eigenvalue weighted by atomic mass is 16.6. The van der Waals surface area contributed by atoms with E-state index in [4.69, 9.17) is 4.74 Å². The van der Waals surface area contributed by atoms with Gasteiger partial charge in [0, 0.05) is 11.8 Å². The molecule has 0 saturated heterocycles. The van der Waals surface area contributed by atoms with E-state index in [-0.39, 0.29) is 5.91 Å². The molecule has 0 bridgehead atoms. The lowest BCUT2D eigenvalue weighted by Gasteiger charge is -2.21. The fourth-order valence-electron chi connectivity index (χ4n) is 3.13. The van der Waals surface area contributed by atoms with Gasteiger partial charge in [-0.1, -0.05) is 78.9 Å². The van der Waals surface area contributed by atoms with E-state index in [9.17, 15) is 9.59 Å². The third-order valence-electron chi connectivity index (χ3n) is 4.67. The predicted molar refractivity (Wildman–Crippen MR) is 132 cm³/mol. The molecule has 0 atom stereocenters. The smallest absolute Gasteiger partial charge is 0.338 e. The third kappa shape index (κ3) is 7.62. The molecule has 0 unspecified atom stereocenters. The van der Waals surface area contributed by atoms with E-state index >= 15 is 0 Å². The van der Waals surface area contributed by atoms with Crippen molar-refractivity contribution in [3.05, 3.63) is 126 Å². The molecule has 1 amide bonds. The Morgan fingerprint density at radius 2 is 1.36 bits per heavy atom. The molecule has 3 aromatic carbocycles. The number of amides is 1. The first-order valence-electron chi connectivity index (χ1n) is 10.9. The van der Waals surface area contributed by atoms with Gasteiger partial charge in [-0.2, -0.15) is 0 Å². The molecule has 0 aromatic heterocycles. The number of ether oxygens (including phenoxy) is 1. The summed E-state index contributed by atoms with van der Waals surface area (Å²) < 4.78 is 5.61. The fourth-order valence-corrected chi connectivity index (χ4v) is 3.13. The number of nitrogens with zero attached hydrogens (tertiary/aromatic N) is 1. The number of hydrogen-bond acceptors (Lipinski definition) is 3. The molecular formula is C29H29NO3. The van der Waals surface area contributed by atoms with E-state index in [1.54, 1.807) is 35.4 Å². The fraction of sp³-hybridized carbons (Fsp3) is 0.172. The van der Waals surface area contributed by atoms with Crippen LogP contribution in [0.25, 0.3) is 6.08 Å². The average Bonchev–Trinajstić information content (AvgIpc) is 2.81. The monoisotopic (exact) mass is 439 g/mol. The molecule has 0 radical (unpaired) electrons. The second-order valence-electron chi connectivity index (χ2n) is 8.61. The summed E-state index contributed by atoms with van der Waals surface area (Å²) in [6.45, 7) is 5.86. The third-order valence-corrected chi connectivity index (χ3v) is 4.67. The van der Waals surface area contributed by atoms with Gasteiger partial charge >= 0.3 is 5.97 Å². The molecule has 168 valence electrons. The van der Waals surface area contributed by atoms with E-state index in [2.05, 4.69) is 0 Å².